The van der Waals surface area contributed by atoms with Crippen molar-refractivity contribution in [3.63, 3.8) is 0 Å². The summed E-state index contributed by atoms with van der Waals surface area (Å²) in [5.74, 6) is 0.945. The van der Waals surface area contributed by atoms with Gasteiger partial charge in [0.05, 0.1) is 10.9 Å². The fourth-order valence-electron chi connectivity index (χ4n) is 2.17. The molecule has 1 aromatic heterocycles. The zero-order valence-electron chi connectivity index (χ0n) is 11.4. The van der Waals surface area contributed by atoms with E-state index < -0.39 is 0 Å². The third-order valence-corrected chi connectivity index (χ3v) is 3.74. The minimum atomic E-state index is -0.123. The maximum atomic E-state index is 12.7. The zero-order valence-corrected chi connectivity index (χ0v) is 12.9. The van der Waals surface area contributed by atoms with Gasteiger partial charge in [0.25, 0.3) is 0 Å². The molecule has 0 aliphatic heterocycles. The maximum Gasteiger partial charge on any atom is 0.193 e. The van der Waals surface area contributed by atoms with Gasteiger partial charge in [0.15, 0.2) is 17.4 Å². The molecular weight excluding hydrogens is 321 g/mol. The number of nitrogens with one attached hydrogen (secondary N) is 1. The van der Waals surface area contributed by atoms with Gasteiger partial charge in [-0.25, -0.2) is 4.98 Å². The molecule has 0 atom stereocenters. The Morgan fingerprint density at radius 3 is 2.55 bits per heavy atom. The Balaban J connectivity index is 2.13. The summed E-state index contributed by atoms with van der Waals surface area (Å²) in [7, 11) is 0. The monoisotopic (exact) mass is 331 g/mol. The third kappa shape index (κ3) is 2.75. The van der Waals surface area contributed by atoms with Crippen LogP contribution in [0.4, 0.5) is 0 Å². The molecule has 0 saturated carbocycles. The van der Waals surface area contributed by atoms with Crippen molar-refractivity contribution >= 4 is 29.0 Å². The first-order valence-electron chi connectivity index (χ1n) is 6.56. The van der Waals surface area contributed by atoms with Crippen LogP contribution >= 0.6 is 23.2 Å². The van der Waals surface area contributed by atoms with Crippen molar-refractivity contribution in [3.8, 4) is 11.4 Å². The van der Waals surface area contributed by atoms with Gasteiger partial charge >= 0.3 is 0 Å². The molecule has 6 heteroatoms. The Labute approximate surface area is 137 Å². The van der Waals surface area contributed by atoms with Gasteiger partial charge in [-0.1, -0.05) is 54.1 Å². The molecule has 0 saturated heterocycles. The molecule has 0 fully saturated rings. The van der Waals surface area contributed by atoms with Crippen molar-refractivity contribution in [3.05, 3.63) is 70.5 Å². The Hall–Kier alpha value is -2.17. The van der Waals surface area contributed by atoms with Crippen molar-refractivity contribution in [2.75, 3.05) is 0 Å². The largest absolute Gasteiger partial charge is 0.289 e. The molecule has 0 unspecified atom stereocenters. The number of carbonyl (C=O) groups excluding carboxylic acids is 1. The molecule has 2 aromatic carbocycles. The minimum absolute atomic E-state index is 0.123. The normalized spacial score (nSPS) is 10.6. The number of aromatic amines is 1. The molecule has 0 aliphatic carbocycles. The quantitative estimate of drug-likeness (QED) is 0.578. The van der Waals surface area contributed by atoms with Crippen LogP contribution in [0.15, 0.2) is 48.5 Å². The Morgan fingerprint density at radius 2 is 1.86 bits per heavy atom. The number of ketones is 1. The number of hydrogen-bond acceptors (Lipinski definition) is 3. The molecule has 3 rings (SSSR count). The zero-order chi connectivity index (χ0) is 15.5. The summed E-state index contributed by atoms with van der Waals surface area (Å²) in [6.45, 7) is 0. The van der Waals surface area contributed by atoms with Gasteiger partial charge in [0.1, 0.15) is 0 Å². The average molecular weight is 332 g/mol. The molecule has 1 heterocycles. The lowest BCUT2D eigenvalue weighted by Gasteiger charge is -2.08. The molecule has 0 radical (unpaired) electrons. The first-order chi connectivity index (χ1) is 10.7. The number of nitrogens with zero attached hydrogens (tertiary/aromatic N) is 2. The summed E-state index contributed by atoms with van der Waals surface area (Å²) in [6.07, 6.45) is 0. The van der Waals surface area contributed by atoms with Crippen LogP contribution in [0.25, 0.3) is 11.4 Å². The molecule has 22 heavy (non-hydrogen) atoms. The smallest absolute Gasteiger partial charge is 0.193 e. The van der Waals surface area contributed by atoms with E-state index in [4.69, 9.17) is 23.2 Å². The van der Waals surface area contributed by atoms with Crippen LogP contribution in [-0.4, -0.2) is 21.0 Å². The summed E-state index contributed by atoms with van der Waals surface area (Å²) in [5, 5.41) is 7.20. The summed E-state index contributed by atoms with van der Waals surface area (Å²) >= 11 is 12.0. The number of aromatic nitrogens is 3. The van der Waals surface area contributed by atoms with Crippen molar-refractivity contribution in [1.82, 2.24) is 15.2 Å². The van der Waals surface area contributed by atoms with Gasteiger partial charge in [-0.2, -0.15) is 5.10 Å². The van der Waals surface area contributed by atoms with Crippen molar-refractivity contribution < 1.29 is 4.79 Å². The Kier molecular flexibility index (Phi) is 4.22. The van der Waals surface area contributed by atoms with E-state index in [1.54, 1.807) is 30.3 Å². The summed E-state index contributed by atoms with van der Waals surface area (Å²) in [6, 6.07) is 14.2. The lowest BCUT2D eigenvalue weighted by atomic mass is 9.98. The highest BCUT2D eigenvalue weighted by molar-refractivity contribution is 6.34. The standard InChI is InChI=1S/C16H11Cl2N3O/c17-9-13-19-16(21-20-13)14-11(7-4-8-12(14)18)15(22)10-5-2-1-3-6-10/h1-8H,9H2,(H,19,20,21). The second-order valence-electron chi connectivity index (χ2n) is 4.59. The second kappa shape index (κ2) is 6.30. The van der Waals surface area contributed by atoms with Gasteiger partial charge in [-0.3, -0.25) is 9.89 Å². The van der Waals surface area contributed by atoms with E-state index in [0.717, 1.165) is 0 Å². The van der Waals surface area contributed by atoms with Crippen LogP contribution in [0.2, 0.25) is 5.02 Å². The number of halogens is 2. The highest BCUT2D eigenvalue weighted by atomic mass is 35.5. The SMILES string of the molecule is O=C(c1ccccc1)c1cccc(Cl)c1-c1nc(CCl)n[nH]1. The Bertz CT molecular complexity index is 815. The van der Waals surface area contributed by atoms with Gasteiger partial charge in [0.2, 0.25) is 0 Å². The fraction of sp³-hybridized carbons (Fsp3) is 0.0625. The third-order valence-electron chi connectivity index (χ3n) is 3.18. The highest BCUT2D eigenvalue weighted by Gasteiger charge is 2.19. The lowest BCUT2D eigenvalue weighted by molar-refractivity contribution is 0.103. The molecule has 0 aliphatic rings. The van der Waals surface area contributed by atoms with E-state index in [1.807, 2.05) is 18.2 Å². The highest BCUT2D eigenvalue weighted by Crippen LogP contribution is 2.30. The minimum Gasteiger partial charge on any atom is -0.289 e. The number of hydrogen-bond donors (Lipinski definition) is 1. The summed E-state index contributed by atoms with van der Waals surface area (Å²) < 4.78 is 0. The van der Waals surface area contributed by atoms with Crippen LogP contribution in [0.3, 0.4) is 0 Å². The fourth-order valence-corrected chi connectivity index (χ4v) is 2.55. The van der Waals surface area contributed by atoms with Crippen LogP contribution in [0, 0.1) is 0 Å². The summed E-state index contributed by atoms with van der Waals surface area (Å²) in [5.41, 5.74) is 1.58. The molecule has 4 nitrogen and oxygen atoms in total. The molecule has 110 valence electrons. The number of benzene rings is 2. The Morgan fingerprint density at radius 1 is 1.09 bits per heavy atom. The number of alkyl halides is 1. The number of rotatable bonds is 4. The number of H-pyrrole nitrogens is 1. The van der Waals surface area contributed by atoms with E-state index in [2.05, 4.69) is 15.2 Å². The molecule has 0 spiro atoms. The van der Waals surface area contributed by atoms with Crippen molar-refractivity contribution in [2.24, 2.45) is 0 Å². The van der Waals surface area contributed by atoms with E-state index >= 15 is 0 Å². The molecule has 0 bridgehead atoms. The topological polar surface area (TPSA) is 58.6 Å². The van der Waals surface area contributed by atoms with Crippen LogP contribution in [0.5, 0.6) is 0 Å². The first-order valence-corrected chi connectivity index (χ1v) is 7.48. The average Bonchev–Trinajstić information content (AvgIpc) is 3.03. The van der Waals surface area contributed by atoms with Crippen LogP contribution < -0.4 is 0 Å². The maximum absolute atomic E-state index is 12.7. The summed E-state index contributed by atoms with van der Waals surface area (Å²) in [4.78, 5) is 17.0. The lowest BCUT2D eigenvalue weighted by Crippen LogP contribution is -2.04. The van der Waals surface area contributed by atoms with Gasteiger partial charge in [-0.15, -0.1) is 11.6 Å². The molecular formula is C16H11Cl2N3O. The molecule has 3 aromatic rings. The number of carbonyl (C=O) groups is 1. The van der Waals surface area contributed by atoms with E-state index in [9.17, 15) is 4.79 Å². The predicted octanol–water partition coefficient (Wildman–Crippen LogP) is 4.09. The van der Waals surface area contributed by atoms with Crippen molar-refractivity contribution in [1.29, 1.82) is 0 Å². The molecule has 0 amide bonds. The van der Waals surface area contributed by atoms with Crippen LogP contribution in [0.1, 0.15) is 21.7 Å². The van der Waals surface area contributed by atoms with Gasteiger partial charge in [0, 0.05) is 16.7 Å². The van der Waals surface area contributed by atoms with Gasteiger partial charge in [-0.05, 0) is 6.07 Å². The van der Waals surface area contributed by atoms with Gasteiger partial charge < -0.3 is 0 Å². The molecule has 1 N–H and O–H groups in total. The first kappa shape index (κ1) is 14.8. The van der Waals surface area contributed by atoms with E-state index in [0.29, 0.717) is 33.4 Å². The van der Waals surface area contributed by atoms with Crippen molar-refractivity contribution in [2.45, 2.75) is 5.88 Å². The predicted molar refractivity (Wildman–Crippen MR) is 86.3 cm³/mol. The van der Waals surface area contributed by atoms with E-state index in [1.165, 1.54) is 0 Å². The van der Waals surface area contributed by atoms with E-state index in [-0.39, 0.29) is 11.7 Å². The van der Waals surface area contributed by atoms with Crippen LogP contribution in [-0.2, 0) is 5.88 Å². The second-order valence-corrected chi connectivity index (χ2v) is 5.27.